The van der Waals surface area contributed by atoms with Crippen molar-refractivity contribution in [1.29, 1.82) is 0 Å². The summed E-state index contributed by atoms with van der Waals surface area (Å²) in [6.07, 6.45) is 2.95. The molecule has 21 heavy (non-hydrogen) atoms. The summed E-state index contributed by atoms with van der Waals surface area (Å²) >= 11 is 0. The molecule has 0 saturated heterocycles. The Balaban J connectivity index is 1.85. The van der Waals surface area contributed by atoms with Crippen molar-refractivity contribution in [3.05, 3.63) is 84.2 Å². The number of carbonyl (C=O) groups excluding carboxylic acids is 1. The second-order valence-corrected chi connectivity index (χ2v) is 4.25. The fraction of sp³-hybridized carbons (Fsp3) is 0. The Morgan fingerprint density at radius 1 is 1.10 bits per heavy atom. The normalized spacial score (nSPS) is 10.3. The van der Waals surface area contributed by atoms with E-state index in [-0.39, 0.29) is 5.82 Å². The van der Waals surface area contributed by atoms with Crippen molar-refractivity contribution >= 4 is 17.7 Å². The van der Waals surface area contributed by atoms with Gasteiger partial charge in [0.2, 0.25) is 0 Å². The van der Waals surface area contributed by atoms with Gasteiger partial charge in [-0.05, 0) is 35.9 Å². The van der Waals surface area contributed by atoms with Crippen molar-refractivity contribution < 1.29 is 14.0 Å². The maximum Gasteiger partial charge on any atom is 0.355 e. The van der Waals surface area contributed by atoms with Crippen LogP contribution in [0.15, 0.2) is 67.3 Å². The molecular weight excluding hydrogens is 269 g/mol. The van der Waals surface area contributed by atoms with Gasteiger partial charge in [-0.25, -0.2) is 14.7 Å². The lowest BCUT2D eigenvalue weighted by Crippen LogP contribution is -2.16. The highest BCUT2D eigenvalue weighted by Gasteiger charge is 2.02. The average molecular weight is 283 g/mol. The van der Waals surface area contributed by atoms with E-state index in [1.165, 1.54) is 30.3 Å². The van der Waals surface area contributed by atoms with Crippen molar-refractivity contribution in [2.45, 2.75) is 0 Å². The summed E-state index contributed by atoms with van der Waals surface area (Å²) in [5.41, 5.74) is 4.34. The second kappa shape index (κ2) is 7.05. The molecule has 0 bridgehead atoms. The molecule has 0 fully saturated rings. The molecule has 0 spiro atoms. The first kappa shape index (κ1) is 14.5. The molecule has 2 aromatic carbocycles. The van der Waals surface area contributed by atoms with Crippen LogP contribution in [0.4, 0.5) is 4.39 Å². The number of nitrogens with one attached hydrogen (secondary N) is 1. The summed E-state index contributed by atoms with van der Waals surface area (Å²) in [6, 6.07) is 15.1. The van der Waals surface area contributed by atoms with Crippen LogP contribution >= 0.6 is 0 Å². The van der Waals surface area contributed by atoms with Gasteiger partial charge in [0.15, 0.2) is 0 Å². The molecule has 2 rings (SSSR count). The summed E-state index contributed by atoms with van der Waals surface area (Å²) in [7, 11) is 0. The first-order valence-electron chi connectivity index (χ1n) is 6.30. The van der Waals surface area contributed by atoms with Gasteiger partial charge in [-0.2, -0.15) is 0 Å². The molecule has 106 valence electrons. The molecule has 0 heterocycles. The van der Waals surface area contributed by atoms with Crippen LogP contribution in [0.25, 0.3) is 11.8 Å². The van der Waals surface area contributed by atoms with Gasteiger partial charge in [-0.15, -0.1) is 0 Å². The Morgan fingerprint density at radius 3 is 2.43 bits per heavy atom. The molecule has 0 atom stereocenters. The number of carbonyl (C=O) groups is 1. The standard InChI is InChI=1S/C17H14FNO2/c1-13(15-8-10-16(18)11-9-15)19-21-17(20)12-7-14-5-3-2-4-6-14/h2-12,19H,1H2/b12-7+. The molecule has 3 nitrogen and oxygen atoms in total. The Morgan fingerprint density at radius 2 is 1.76 bits per heavy atom. The van der Waals surface area contributed by atoms with Crippen LogP contribution in [-0.4, -0.2) is 5.97 Å². The predicted octanol–water partition coefficient (Wildman–Crippen LogP) is 3.56. The third-order valence-corrected chi connectivity index (χ3v) is 2.68. The zero-order valence-electron chi connectivity index (χ0n) is 11.3. The molecular formula is C17H14FNO2. The Kier molecular flexibility index (Phi) is 4.88. The van der Waals surface area contributed by atoms with Gasteiger partial charge < -0.3 is 4.84 Å². The van der Waals surface area contributed by atoms with E-state index in [9.17, 15) is 9.18 Å². The number of rotatable bonds is 5. The predicted molar refractivity (Wildman–Crippen MR) is 80.1 cm³/mol. The van der Waals surface area contributed by atoms with Crippen LogP contribution in [0.2, 0.25) is 0 Å². The molecule has 0 aliphatic heterocycles. The lowest BCUT2D eigenvalue weighted by atomic mass is 10.2. The van der Waals surface area contributed by atoms with Crippen LogP contribution in [0, 0.1) is 5.82 Å². The first-order chi connectivity index (χ1) is 10.1. The van der Waals surface area contributed by atoms with Crippen LogP contribution in [0.3, 0.4) is 0 Å². The maximum atomic E-state index is 12.8. The van der Waals surface area contributed by atoms with E-state index in [1.807, 2.05) is 30.3 Å². The van der Waals surface area contributed by atoms with Crippen LogP contribution in [0.5, 0.6) is 0 Å². The van der Waals surface area contributed by atoms with Gasteiger partial charge in [0.25, 0.3) is 0 Å². The number of hydrogen-bond donors (Lipinski definition) is 1. The molecule has 0 radical (unpaired) electrons. The molecule has 0 amide bonds. The van der Waals surface area contributed by atoms with Gasteiger partial charge in [0, 0.05) is 11.6 Å². The maximum absolute atomic E-state index is 12.8. The van der Waals surface area contributed by atoms with Crippen LogP contribution in [-0.2, 0) is 9.63 Å². The zero-order chi connectivity index (χ0) is 15.1. The van der Waals surface area contributed by atoms with E-state index in [2.05, 4.69) is 12.1 Å². The minimum atomic E-state index is -0.554. The number of hydrogen-bond acceptors (Lipinski definition) is 3. The van der Waals surface area contributed by atoms with Gasteiger partial charge >= 0.3 is 5.97 Å². The lowest BCUT2D eigenvalue weighted by molar-refractivity contribution is -0.142. The van der Waals surface area contributed by atoms with Crippen molar-refractivity contribution in [2.24, 2.45) is 0 Å². The highest BCUT2D eigenvalue weighted by Crippen LogP contribution is 2.10. The highest BCUT2D eigenvalue weighted by atomic mass is 19.1. The average Bonchev–Trinajstić information content (AvgIpc) is 2.52. The van der Waals surface area contributed by atoms with E-state index < -0.39 is 5.97 Å². The smallest absolute Gasteiger partial charge is 0.339 e. The van der Waals surface area contributed by atoms with E-state index in [1.54, 1.807) is 6.08 Å². The van der Waals surface area contributed by atoms with E-state index in [0.29, 0.717) is 11.3 Å². The fourth-order valence-electron chi connectivity index (χ4n) is 1.58. The first-order valence-corrected chi connectivity index (χ1v) is 6.30. The third kappa shape index (κ3) is 4.62. The molecule has 0 unspecified atom stereocenters. The van der Waals surface area contributed by atoms with Crippen molar-refractivity contribution in [3.8, 4) is 0 Å². The minimum absolute atomic E-state index is 0.339. The number of benzene rings is 2. The Hall–Kier alpha value is -2.88. The fourth-order valence-corrected chi connectivity index (χ4v) is 1.58. The topological polar surface area (TPSA) is 38.3 Å². The molecule has 0 aliphatic carbocycles. The summed E-state index contributed by atoms with van der Waals surface area (Å²) in [5, 5.41) is 0. The summed E-state index contributed by atoms with van der Waals surface area (Å²) < 4.78 is 12.8. The summed E-state index contributed by atoms with van der Waals surface area (Å²) in [4.78, 5) is 16.4. The van der Waals surface area contributed by atoms with E-state index in [0.717, 1.165) is 5.56 Å². The summed E-state index contributed by atoms with van der Waals surface area (Å²) in [6.45, 7) is 3.71. The number of hydroxylamine groups is 1. The van der Waals surface area contributed by atoms with E-state index in [4.69, 9.17) is 4.84 Å². The quantitative estimate of drug-likeness (QED) is 0.673. The van der Waals surface area contributed by atoms with Gasteiger partial charge in [0.1, 0.15) is 5.82 Å². The van der Waals surface area contributed by atoms with Crippen LogP contribution in [0.1, 0.15) is 11.1 Å². The van der Waals surface area contributed by atoms with Crippen molar-refractivity contribution in [3.63, 3.8) is 0 Å². The minimum Gasteiger partial charge on any atom is -0.339 e. The molecule has 4 heteroatoms. The second-order valence-electron chi connectivity index (χ2n) is 4.25. The molecule has 0 saturated carbocycles. The van der Waals surface area contributed by atoms with Gasteiger partial charge in [-0.1, -0.05) is 36.9 Å². The molecule has 0 aliphatic rings. The SMILES string of the molecule is C=C(NOC(=O)/C=C/c1ccccc1)c1ccc(F)cc1. The lowest BCUT2D eigenvalue weighted by Gasteiger charge is -2.08. The Bertz CT molecular complexity index is 648. The molecule has 2 aromatic rings. The third-order valence-electron chi connectivity index (χ3n) is 2.68. The zero-order valence-corrected chi connectivity index (χ0v) is 11.3. The van der Waals surface area contributed by atoms with Crippen molar-refractivity contribution in [1.82, 2.24) is 5.48 Å². The van der Waals surface area contributed by atoms with Gasteiger partial charge in [-0.3, -0.25) is 0 Å². The molecule has 1 N–H and O–H groups in total. The number of halogens is 1. The molecule has 0 aromatic heterocycles. The van der Waals surface area contributed by atoms with E-state index >= 15 is 0 Å². The monoisotopic (exact) mass is 283 g/mol. The van der Waals surface area contributed by atoms with Crippen molar-refractivity contribution in [2.75, 3.05) is 0 Å². The Labute approximate surface area is 122 Å². The highest BCUT2D eigenvalue weighted by molar-refractivity contribution is 5.87. The van der Waals surface area contributed by atoms with Gasteiger partial charge in [0.05, 0.1) is 5.70 Å². The van der Waals surface area contributed by atoms with Crippen LogP contribution < -0.4 is 5.48 Å². The largest absolute Gasteiger partial charge is 0.355 e. The summed E-state index contributed by atoms with van der Waals surface area (Å²) in [5.74, 6) is -0.892.